The highest BCUT2D eigenvalue weighted by atomic mass is 16.5. The molecule has 1 aliphatic carbocycles. The molecule has 1 aliphatic heterocycles. The molecule has 1 saturated carbocycles. The van der Waals surface area contributed by atoms with Gasteiger partial charge in [-0.05, 0) is 36.5 Å². The van der Waals surface area contributed by atoms with Gasteiger partial charge in [-0.2, -0.15) is 5.10 Å². The van der Waals surface area contributed by atoms with E-state index in [9.17, 15) is 0 Å². The molecule has 2 atom stereocenters. The maximum Gasteiger partial charge on any atom is 0.0718 e. The molecule has 0 amide bonds. The number of ether oxygens (including phenoxy) is 1. The van der Waals surface area contributed by atoms with Crippen LogP contribution in [0.5, 0.6) is 0 Å². The molecule has 24 heavy (non-hydrogen) atoms. The maximum atomic E-state index is 6.14. The summed E-state index contributed by atoms with van der Waals surface area (Å²) < 4.78 is 8.03. The molecule has 0 unspecified atom stereocenters. The van der Waals surface area contributed by atoms with Crippen LogP contribution in [0.25, 0.3) is 0 Å². The molecule has 2 aromatic rings. The first-order chi connectivity index (χ1) is 11.7. The van der Waals surface area contributed by atoms with Crippen molar-refractivity contribution in [2.45, 2.75) is 32.4 Å². The van der Waals surface area contributed by atoms with Gasteiger partial charge >= 0.3 is 0 Å². The van der Waals surface area contributed by atoms with Crippen LogP contribution in [0.2, 0.25) is 0 Å². The Hall–Kier alpha value is -1.72. The van der Waals surface area contributed by atoms with E-state index in [1.807, 2.05) is 42.5 Å². The number of hydrogen-bond donors (Lipinski definition) is 0. The molecule has 0 radical (unpaired) electrons. The Labute approximate surface area is 143 Å². The first-order valence-electron chi connectivity index (χ1n) is 8.90. The van der Waals surface area contributed by atoms with Crippen molar-refractivity contribution in [3.05, 3.63) is 48.0 Å². The number of hydrogen-bond acceptors (Lipinski definition) is 4. The zero-order chi connectivity index (χ0) is 16.4. The normalized spacial score (nSPS) is 26.8. The van der Waals surface area contributed by atoms with Crippen molar-refractivity contribution in [3.63, 3.8) is 0 Å². The highest BCUT2D eigenvalue weighted by Crippen LogP contribution is 2.49. The predicted molar refractivity (Wildman–Crippen MR) is 92.2 cm³/mol. The zero-order valence-corrected chi connectivity index (χ0v) is 14.4. The molecule has 1 saturated heterocycles. The van der Waals surface area contributed by atoms with Crippen molar-refractivity contribution in [1.29, 1.82) is 0 Å². The summed E-state index contributed by atoms with van der Waals surface area (Å²) in [6, 6.07) is 4.07. The number of aromatic nitrogens is 3. The minimum absolute atomic E-state index is 0.356. The number of fused-ring (bicyclic) bond motifs is 1. The topological polar surface area (TPSA) is 43.2 Å². The van der Waals surface area contributed by atoms with Crippen LogP contribution in [0.1, 0.15) is 30.4 Å². The second kappa shape index (κ2) is 6.65. The summed E-state index contributed by atoms with van der Waals surface area (Å²) >= 11 is 0. The summed E-state index contributed by atoms with van der Waals surface area (Å²) in [5.74, 6) is 0.784. The van der Waals surface area contributed by atoms with Gasteiger partial charge in [-0.25, -0.2) is 0 Å². The molecule has 0 spiro atoms. The van der Waals surface area contributed by atoms with Gasteiger partial charge in [-0.15, -0.1) is 0 Å². The third kappa shape index (κ3) is 3.23. The maximum absolute atomic E-state index is 6.14. The van der Waals surface area contributed by atoms with E-state index in [4.69, 9.17) is 4.74 Å². The van der Waals surface area contributed by atoms with Crippen LogP contribution in [0, 0.1) is 11.3 Å². The molecule has 4 rings (SSSR count). The minimum atomic E-state index is 0.356. The van der Waals surface area contributed by atoms with Gasteiger partial charge in [-0.3, -0.25) is 14.6 Å². The molecule has 5 nitrogen and oxygen atoms in total. The third-order valence-corrected chi connectivity index (χ3v) is 5.68. The predicted octanol–water partition coefficient (Wildman–Crippen LogP) is 2.63. The Morgan fingerprint density at radius 2 is 2.17 bits per heavy atom. The second-order valence-electron chi connectivity index (χ2n) is 7.49. The molecular weight excluding hydrogens is 300 g/mol. The number of nitrogens with zero attached hydrogens (tertiary/aromatic N) is 4. The van der Waals surface area contributed by atoms with E-state index in [2.05, 4.69) is 21.2 Å². The molecular formula is C19H26N4O. The number of rotatable bonds is 6. The minimum Gasteiger partial charge on any atom is -0.376 e. The molecule has 0 bridgehead atoms. The SMILES string of the molecule is Cn1cc(CN2C[C@H]3CCC[C@@]3(COCc3ccncc3)C2)cn1. The molecule has 2 aliphatic rings. The van der Waals surface area contributed by atoms with E-state index >= 15 is 0 Å². The van der Waals surface area contributed by atoms with Gasteiger partial charge in [0.1, 0.15) is 0 Å². The van der Waals surface area contributed by atoms with Crippen molar-refractivity contribution >= 4 is 0 Å². The van der Waals surface area contributed by atoms with Gasteiger partial charge in [0, 0.05) is 56.3 Å². The van der Waals surface area contributed by atoms with E-state index in [-0.39, 0.29) is 0 Å². The first-order valence-corrected chi connectivity index (χ1v) is 8.90. The van der Waals surface area contributed by atoms with E-state index in [0.29, 0.717) is 12.0 Å². The van der Waals surface area contributed by atoms with Crippen LogP contribution in [-0.4, -0.2) is 39.4 Å². The van der Waals surface area contributed by atoms with E-state index < -0.39 is 0 Å². The van der Waals surface area contributed by atoms with Crippen molar-refractivity contribution in [2.75, 3.05) is 19.7 Å². The van der Waals surface area contributed by atoms with Crippen LogP contribution >= 0.6 is 0 Å². The van der Waals surface area contributed by atoms with Gasteiger partial charge in [0.05, 0.1) is 19.4 Å². The Kier molecular flexibility index (Phi) is 4.37. The first kappa shape index (κ1) is 15.8. The lowest BCUT2D eigenvalue weighted by Crippen LogP contribution is -2.32. The van der Waals surface area contributed by atoms with Crippen molar-refractivity contribution < 1.29 is 4.74 Å². The van der Waals surface area contributed by atoms with E-state index in [1.165, 1.54) is 36.9 Å². The third-order valence-electron chi connectivity index (χ3n) is 5.68. The van der Waals surface area contributed by atoms with E-state index in [1.54, 1.807) is 0 Å². The summed E-state index contributed by atoms with van der Waals surface area (Å²) in [7, 11) is 1.98. The second-order valence-corrected chi connectivity index (χ2v) is 7.49. The number of aryl methyl sites for hydroxylation is 1. The Morgan fingerprint density at radius 1 is 1.29 bits per heavy atom. The lowest BCUT2D eigenvalue weighted by Gasteiger charge is -2.28. The molecule has 2 aromatic heterocycles. The lowest BCUT2D eigenvalue weighted by molar-refractivity contribution is 0.0266. The molecule has 3 heterocycles. The van der Waals surface area contributed by atoms with Gasteiger partial charge in [-0.1, -0.05) is 6.42 Å². The quantitative estimate of drug-likeness (QED) is 0.818. The van der Waals surface area contributed by atoms with E-state index in [0.717, 1.165) is 25.6 Å². The summed E-state index contributed by atoms with van der Waals surface area (Å²) in [6.07, 6.45) is 11.8. The van der Waals surface area contributed by atoms with Crippen LogP contribution in [-0.2, 0) is 24.9 Å². The van der Waals surface area contributed by atoms with Crippen molar-refractivity contribution in [2.24, 2.45) is 18.4 Å². The monoisotopic (exact) mass is 326 g/mol. The van der Waals surface area contributed by atoms with Crippen molar-refractivity contribution in [3.8, 4) is 0 Å². The summed E-state index contributed by atoms with van der Waals surface area (Å²) in [5, 5.41) is 4.29. The highest BCUT2D eigenvalue weighted by Gasteiger charge is 2.49. The zero-order valence-electron chi connectivity index (χ0n) is 14.4. The van der Waals surface area contributed by atoms with Gasteiger partial charge in [0.25, 0.3) is 0 Å². The Bertz CT molecular complexity index is 671. The molecule has 2 fully saturated rings. The Morgan fingerprint density at radius 3 is 2.96 bits per heavy atom. The largest absolute Gasteiger partial charge is 0.376 e. The molecule has 128 valence electrons. The lowest BCUT2D eigenvalue weighted by atomic mass is 9.81. The average Bonchev–Trinajstić information content (AvgIpc) is 3.23. The van der Waals surface area contributed by atoms with Crippen LogP contribution < -0.4 is 0 Å². The fourth-order valence-electron chi connectivity index (χ4n) is 4.54. The standard InChI is InChI=1S/C19H26N4O/c1-22-10-17(9-21-22)11-23-12-18-3-2-6-19(18,14-23)15-24-13-16-4-7-20-8-5-16/h4-5,7-10,18H,2-3,6,11-15H2,1H3/t18-,19+/m1/s1. The van der Waals surface area contributed by atoms with Crippen LogP contribution in [0.3, 0.4) is 0 Å². The number of likely N-dealkylation sites (tertiary alicyclic amines) is 1. The van der Waals surface area contributed by atoms with Crippen molar-refractivity contribution in [1.82, 2.24) is 19.7 Å². The molecule has 5 heteroatoms. The van der Waals surface area contributed by atoms with Gasteiger partial charge in [0.15, 0.2) is 0 Å². The highest BCUT2D eigenvalue weighted by molar-refractivity contribution is 5.09. The summed E-state index contributed by atoms with van der Waals surface area (Å²) in [4.78, 5) is 6.66. The summed E-state index contributed by atoms with van der Waals surface area (Å²) in [6.45, 7) is 4.94. The average molecular weight is 326 g/mol. The fourth-order valence-corrected chi connectivity index (χ4v) is 4.54. The van der Waals surface area contributed by atoms with Crippen LogP contribution in [0.4, 0.5) is 0 Å². The fraction of sp³-hybridized carbons (Fsp3) is 0.579. The molecule has 0 aromatic carbocycles. The van der Waals surface area contributed by atoms with Gasteiger partial charge in [0.2, 0.25) is 0 Å². The number of pyridine rings is 1. The summed E-state index contributed by atoms with van der Waals surface area (Å²) in [5.41, 5.74) is 2.88. The van der Waals surface area contributed by atoms with Crippen LogP contribution in [0.15, 0.2) is 36.9 Å². The molecule has 0 N–H and O–H groups in total. The Balaban J connectivity index is 1.36. The van der Waals surface area contributed by atoms with Gasteiger partial charge < -0.3 is 4.74 Å². The smallest absolute Gasteiger partial charge is 0.0718 e.